The van der Waals surface area contributed by atoms with Gasteiger partial charge in [0.05, 0.1) is 10.6 Å². The van der Waals surface area contributed by atoms with Gasteiger partial charge < -0.3 is 0 Å². The average Bonchev–Trinajstić information content (AvgIpc) is 2.59. The number of nitrogens with zero attached hydrogens (tertiary/aromatic N) is 1. The Kier molecular flexibility index (Phi) is 4.36. The number of sulfonamides is 1. The van der Waals surface area contributed by atoms with Crippen LogP contribution in [-0.2, 0) is 10.0 Å². The highest BCUT2D eigenvalue weighted by molar-refractivity contribution is 7.89. The van der Waals surface area contributed by atoms with Crippen molar-refractivity contribution in [1.29, 1.82) is 0 Å². The van der Waals surface area contributed by atoms with Gasteiger partial charge in [-0.2, -0.15) is 18.4 Å². The second kappa shape index (κ2) is 6.45. The fourth-order valence-electron chi connectivity index (χ4n) is 2.38. The van der Waals surface area contributed by atoms with Gasteiger partial charge in [0.25, 0.3) is 10.0 Å². The zero-order valence-electron chi connectivity index (χ0n) is 13.5. The van der Waals surface area contributed by atoms with Gasteiger partial charge in [-0.05, 0) is 48.4 Å². The summed E-state index contributed by atoms with van der Waals surface area (Å²) in [5.41, 5.74) is 2.49. The molecule has 0 aliphatic carbocycles. The molecule has 0 saturated carbocycles. The van der Waals surface area contributed by atoms with Crippen LogP contribution in [0.1, 0.15) is 18.1 Å². The van der Waals surface area contributed by atoms with Crippen LogP contribution in [0.4, 0.5) is 0 Å². The molecule has 0 radical (unpaired) electrons. The highest BCUT2D eigenvalue weighted by atomic mass is 32.2. The summed E-state index contributed by atoms with van der Waals surface area (Å²) in [5.74, 6) is 0. The van der Waals surface area contributed by atoms with Gasteiger partial charge in [0, 0.05) is 0 Å². The van der Waals surface area contributed by atoms with Crippen LogP contribution in [0.25, 0.3) is 10.8 Å². The minimum absolute atomic E-state index is 0.197. The molecule has 1 N–H and O–H groups in total. The molecule has 0 unspecified atom stereocenters. The Balaban J connectivity index is 1.85. The van der Waals surface area contributed by atoms with E-state index >= 15 is 0 Å². The standard InChI is InChI=1S/C19H18N2O2S/c1-14-7-11-19(12-8-14)24(22,23)21-20-15(2)17-10-9-16-5-3-4-6-18(16)13-17/h3-13,21H,1-2H3/b20-15-. The molecule has 24 heavy (non-hydrogen) atoms. The average molecular weight is 338 g/mol. The summed E-state index contributed by atoms with van der Waals surface area (Å²) < 4.78 is 24.5. The quantitative estimate of drug-likeness (QED) is 0.580. The number of aryl methyl sites for hydroxylation is 1. The Morgan fingerprint density at radius 1 is 0.917 bits per heavy atom. The van der Waals surface area contributed by atoms with Crippen molar-refractivity contribution in [2.45, 2.75) is 18.7 Å². The number of nitrogens with one attached hydrogen (secondary N) is 1. The largest absolute Gasteiger partial charge is 0.276 e. The number of benzene rings is 3. The van der Waals surface area contributed by atoms with Crippen LogP contribution < -0.4 is 4.83 Å². The molecular formula is C19H18N2O2S. The van der Waals surface area contributed by atoms with Crippen LogP contribution in [0.5, 0.6) is 0 Å². The van der Waals surface area contributed by atoms with Gasteiger partial charge in [0.2, 0.25) is 0 Å². The van der Waals surface area contributed by atoms with E-state index in [1.54, 1.807) is 31.2 Å². The third-order valence-corrected chi connectivity index (χ3v) is 5.06. The molecule has 3 rings (SSSR count). The molecular weight excluding hydrogens is 320 g/mol. The minimum atomic E-state index is -3.66. The SMILES string of the molecule is C/C(=N/NS(=O)(=O)c1ccc(C)cc1)c1ccc2ccccc2c1. The third-order valence-electron chi connectivity index (χ3n) is 3.83. The fraction of sp³-hybridized carbons (Fsp3) is 0.105. The summed E-state index contributed by atoms with van der Waals surface area (Å²) in [4.78, 5) is 2.50. The van der Waals surface area contributed by atoms with Crippen molar-refractivity contribution in [3.63, 3.8) is 0 Å². The normalized spacial score (nSPS) is 12.3. The van der Waals surface area contributed by atoms with Gasteiger partial charge in [0.1, 0.15) is 0 Å². The molecule has 0 aliphatic rings. The van der Waals surface area contributed by atoms with E-state index in [0.717, 1.165) is 21.9 Å². The van der Waals surface area contributed by atoms with Gasteiger partial charge in [-0.15, -0.1) is 0 Å². The zero-order valence-corrected chi connectivity index (χ0v) is 14.3. The highest BCUT2D eigenvalue weighted by Crippen LogP contribution is 2.16. The lowest BCUT2D eigenvalue weighted by molar-refractivity contribution is 0.584. The van der Waals surface area contributed by atoms with Crippen molar-refractivity contribution < 1.29 is 8.42 Å². The smallest absolute Gasteiger partial charge is 0.200 e. The molecule has 0 aliphatic heterocycles. The van der Waals surface area contributed by atoms with Crippen molar-refractivity contribution in [3.05, 3.63) is 77.9 Å². The molecule has 5 heteroatoms. The lowest BCUT2D eigenvalue weighted by Crippen LogP contribution is -2.19. The molecule has 0 atom stereocenters. The Bertz CT molecular complexity index is 1010. The Morgan fingerprint density at radius 3 is 2.29 bits per heavy atom. The van der Waals surface area contributed by atoms with Crippen LogP contribution in [0.2, 0.25) is 0 Å². The van der Waals surface area contributed by atoms with E-state index in [2.05, 4.69) is 9.93 Å². The Hall–Kier alpha value is -2.66. The van der Waals surface area contributed by atoms with E-state index in [1.807, 2.05) is 49.4 Å². The summed E-state index contributed by atoms with van der Waals surface area (Å²) in [6, 6.07) is 20.6. The lowest BCUT2D eigenvalue weighted by Gasteiger charge is -2.07. The van der Waals surface area contributed by atoms with Crippen molar-refractivity contribution in [2.75, 3.05) is 0 Å². The predicted octanol–water partition coefficient (Wildman–Crippen LogP) is 3.85. The summed E-state index contributed by atoms with van der Waals surface area (Å²) in [6.07, 6.45) is 0. The van der Waals surface area contributed by atoms with Gasteiger partial charge >= 0.3 is 0 Å². The van der Waals surface area contributed by atoms with Crippen molar-refractivity contribution in [2.24, 2.45) is 5.10 Å². The maximum Gasteiger partial charge on any atom is 0.276 e. The van der Waals surface area contributed by atoms with E-state index < -0.39 is 10.0 Å². The van der Waals surface area contributed by atoms with Crippen molar-refractivity contribution in [1.82, 2.24) is 4.83 Å². The van der Waals surface area contributed by atoms with Gasteiger partial charge in [0.15, 0.2) is 0 Å². The number of fused-ring (bicyclic) bond motifs is 1. The first kappa shape index (κ1) is 16.2. The number of hydrazone groups is 1. The number of hydrogen-bond acceptors (Lipinski definition) is 3. The van der Waals surface area contributed by atoms with Gasteiger partial charge in [-0.3, -0.25) is 0 Å². The molecule has 0 spiro atoms. The van der Waals surface area contributed by atoms with Crippen molar-refractivity contribution >= 4 is 26.5 Å². The Morgan fingerprint density at radius 2 is 1.58 bits per heavy atom. The summed E-state index contributed by atoms with van der Waals surface area (Å²) in [5, 5.41) is 6.27. The van der Waals surface area contributed by atoms with Crippen molar-refractivity contribution in [3.8, 4) is 0 Å². The number of hydrogen-bond donors (Lipinski definition) is 1. The second-order valence-electron chi connectivity index (χ2n) is 5.67. The summed E-state index contributed by atoms with van der Waals surface area (Å²) >= 11 is 0. The predicted molar refractivity (Wildman–Crippen MR) is 97.7 cm³/mol. The number of rotatable bonds is 4. The zero-order chi connectivity index (χ0) is 17.2. The second-order valence-corrected chi connectivity index (χ2v) is 7.33. The molecule has 3 aromatic carbocycles. The van der Waals surface area contributed by atoms with Gasteiger partial charge in [-0.1, -0.05) is 54.1 Å². The monoisotopic (exact) mass is 338 g/mol. The van der Waals surface area contributed by atoms with Crippen LogP contribution >= 0.6 is 0 Å². The fourth-order valence-corrected chi connectivity index (χ4v) is 3.23. The summed E-state index contributed by atoms with van der Waals surface area (Å²) in [6.45, 7) is 3.69. The molecule has 0 saturated heterocycles. The maximum atomic E-state index is 12.3. The highest BCUT2D eigenvalue weighted by Gasteiger charge is 2.12. The van der Waals surface area contributed by atoms with Crippen LogP contribution in [0, 0.1) is 6.92 Å². The lowest BCUT2D eigenvalue weighted by atomic mass is 10.0. The van der Waals surface area contributed by atoms with E-state index in [0.29, 0.717) is 5.71 Å². The molecule has 0 fully saturated rings. The molecule has 3 aromatic rings. The molecule has 0 heterocycles. The molecule has 122 valence electrons. The maximum absolute atomic E-state index is 12.3. The van der Waals surface area contributed by atoms with E-state index in [1.165, 1.54) is 0 Å². The van der Waals surface area contributed by atoms with Crippen LogP contribution in [0.15, 0.2) is 76.7 Å². The molecule has 4 nitrogen and oxygen atoms in total. The molecule has 0 amide bonds. The molecule has 0 bridgehead atoms. The third kappa shape index (κ3) is 3.46. The topological polar surface area (TPSA) is 58.5 Å². The van der Waals surface area contributed by atoms with E-state index in [9.17, 15) is 8.42 Å². The van der Waals surface area contributed by atoms with Crippen LogP contribution in [0.3, 0.4) is 0 Å². The minimum Gasteiger partial charge on any atom is -0.200 e. The van der Waals surface area contributed by atoms with E-state index in [-0.39, 0.29) is 4.90 Å². The molecule has 0 aromatic heterocycles. The Labute approximate surface area is 141 Å². The first-order valence-electron chi connectivity index (χ1n) is 7.58. The first-order valence-corrected chi connectivity index (χ1v) is 9.06. The van der Waals surface area contributed by atoms with Gasteiger partial charge in [-0.25, -0.2) is 0 Å². The first-order chi connectivity index (χ1) is 11.5. The van der Waals surface area contributed by atoms with E-state index in [4.69, 9.17) is 0 Å². The van der Waals surface area contributed by atoms with Crippen LogP contribution in [-0.4, -0.2) is 14.1 Å². The summed E-state index contributed by atoms with van der Waals surface area (Å²) in [7, 11) is -3.66.